The molecule has 4 nitrogen and oxygen atoms in total. The average molecular weight is 391 g/mol. The van der Waals surface area contributed by atoms with Gasteiger partial charge in [-0.1, -0.05) is 72.8 Å². The largest absolute Gasteiger partial charge is 0.274 e. The molecule has 1 fully saturated rings. The molecule has 142 valence electrons. The van der Waals surface area contributed by atoms with Crippen molar-refractivity contribution in [3.05, 3.63) is 102 Å². The van der Waals surface area contributed by atoms with E-state index < -0.39 is 10.0 Å². The van der Waals surface area contributed by atoms with Crippen LogP contribution in [-0.2, 0) is 16.4 Å². The van der Waals surface area contributed by atoms with Crippen LogP contribution in [0.4, 0.5) is 0 Å². The van der Waals surface area contributed by atoms with Crippen molar-refractivity contribution < 1.29 is 8.42 Å². The lowest BCUT2D eigenvalue weighted by Gasteiger charge is -2.35. The van der Waals surface area contributed by atoms with E-state index in [0.717, 1.165) is 18.5 Å². The lowest BCUT2D eigenvalue weighted by molar-refractivity contribution is 0.154. The van der Waals surface area contributed by atoms with Crippen molar-refractivity contribution in [2.75, 3.05) is 13.1 Å². The molecule has 2 aliphatic rings. The van der Waals surface area contributed by atoms with E-state index in [-0.39, 0.29) is 12.2 Å². The maximum absolute atomic E-state index is 13.6. The second-order valence-electron chi connectivity index (χ2n) is 7.37. The van der Waals surface area contributed by atoms with Gasteiger partial charge in [0.1, 0.15) is 6.17 Å². The van der Waals surface area contributed by atoms with Crippen LogP contribution in [0.2, 0.25) is 0 Å². The van der Waals surface area contributed by atoms with Crippen LogP contribution >= 0.6 is 0 Å². The monoisotopic (exact) mass is 390 g/mol. The number of benzene rings is 3. The zero-order chi connectivity index (χ0) is 19.1. The second-order valence-corrected chi connectivity index (χ2v) is 9.27. The summed E-state index contributed by atoms with van der Waals surface area (Å²) in [6.45, 7) is 1.32. The molecule has 0 bridgehead atoms. The molecule has 3 aromatic carbocycles. The predicted octanol–water partition coefficient (Wildman–Crippen LogP) is 3.99. The third-order valence-electron chi connectivity index (χ3n) is 5.84. The van der Waals surface area contributed by atoms with E-state index in [1.54, 1.807) is 28.6 Å². The first kappa shape index (κ1) is 17.6. The minimum Gasteiger partial charge on any atom is -0.274 e. The van der Waals surface area contributed by atoms with Crippen LogP contribution in [0.1, 0.15) is 28.9 Å². The number of fused-ring (bicyclic) bond motifs is 3. The standard InChI is InChI=1S/C23H22N2O2S/c26-28(27,20-12-5-2-6-13-20)25-17-22-21-14-8-7-9-18(21)15-16-24(22)23(25)19-10-3-1-4-11-19/h1-14,22-23H,15-17H2/t22-,23+/m1/s1. The maximum atomic E-state index is 13.6. The van der Waals surface area contributed by atoms with Crippen molar-refractivity contribution in [1.29, 1.82) is 0 Å². The first-order valence-corrected chi connectivity index (χ1v) is 11.1. The number of nitrogens with zero attached hydrogens (tertiary/aromatic N) is 2. The molecular weight excluding hydrogens is 368 g/mol. The van der Waals surface area contributed by atoms with Crippen LogP contribution in [0.15, 0.2) is 89.8 Å². The van der Waals surface area contributed by atoms with Gasteiger partial charge in [0.2, 0.25) is 10.0 Å². The van der Waals surface area contributed by atoms with Crippen LogP contribution in [-0.4, -0.2) is 30.7 Å². The van der Waals surface area contributed by atoms with Gasteiger partial charge in [-0.3, -0.25) is 4.90 Å². The Kier molecular flexibility index (Phi) is 4.31. The Hall–Kier alpha value is -2.47. The molecule has 3 aromatic rings. The summed E-state index contributed by atoms with van der Waals surface area (Å²) in [5.74, 6) is 0. The molecule has 1 saturated heterocycles. The maximum Gasteiger partial charge on any atom is 0.244 e. The molecule has 2 heterocycles. The van der Waals surface area contributed by atoms with Crippen LogP contribution in [0, 0.1) is 0 Å². The Morgan fingerprint density at radius 2 is 1.43 bits per heavy atom. The van der Waals surface area contributed by atoms with Gasteiger partial charge in [0, 0.05) is 13.1 Å². The van der Waals surface area contributed by atoms with Crippen LogP contribution in [0.3, 0.4) is 0 Å². The highest BCUT2D eigenvalue weighted by Crippen LogP contribution is 2.46. The summed E-state index contributed by atoms with van der Waals surface area (Å²) in [7, 11) is -3.61. The van der Waals surface area contributed by atoms with Gasteiger partial charge in [0.05, 0.1) is 10.9 Å². The van der Waals surface area contributed by atoms with Crippen molar-refractivity contribution in [2.45, 2.75) is 23.5 Å². The highest BCUT2D eigenvalue weighted by Gasteiger charge is 2.48. The fourth-order valence-corrected chi connectivity index (χ4v) is 6.16. The number of hydrogen-bond donors (Lipinski definition) is 0. The van der Waals surface area contributed by atoms with Crippen molar-refractivity contribution >= 4 is 10.0 Å². The van der Waals surface area contributed by atoms with Gasteiger partial charge < -0.3 is 0 Å². The summed E-state index contributed by atoms with van der Waals surface area (Å²) in [5.41, 5.74) is 3.60. The van der Waals surface area contributed by atoms with E-state index in [2.05, 4.69) is 23.1 Å². The first-order chi connectivity index (χ1) is 13.7. The molecule has 5 rings (SSSR count). The van der Waals surface area contributed by atoms with Crippen LogP contribution < -0.4 is 0 Å². The zero-order valence-electron chi connectivity index (χ0n) is 15.5. The molecule has 0 aliphatic carbocycles. The summed E-state index contributed by atoms with van der Waals surface area (Å²) in [5, 5.41) is 0. The zero-order valence-corrected chi connectivity index (χ0v) is 16.3. The molecule has 0 saturated carbocycles. The van der Waals surface area contributed by atoms with Gasteiger partial charge in [0.25, 0.3) is 0 Å². The highest BCUT2D eigenvalue weighted by molar-refractivity contribution is 7.89. The SMILES string of the molecule is O=S(=O)(c1ccccc1)N1C[C@@H]2c3ccccc3CCN2[C@@H]1c1ccccc1. The van der Waals surface area contributed by atoms with Gasteiger partial charge in [-0.25, -0.2) is 8.42 Å². The van der Waals surface area contributed by atoms with Gasteiger partial charge in [-0.05, 0) is 35.2 Å². The molecule has 5 heteroatoms. The van der Waals surface area contributed by atoms with E-state index in [9.17, 15) is 8.42 Å². The van der Waals surface area contributed by atoms with Crippen LogP contribution in [0.5, 0.6) is 0 Å². The summed E-state index contributed by atoms with van der Waals surface area (Å²) < 4.78 is 28.8. The molecule has 28 heavy (non-hydrogen) atoms. The summed E-state index contributed by atoms with van der Waals surface area (Å²) in [6, 6.07) is 27.3. The Balaban J connectivity index is 1.64. The van der Waals surface area contributed by atoms with E-state index in [1.807, 2.05) is 42.5 Å². The van der Waals surface area contributed by atoms with E-state index in [1.165, 1.54) is 11.1 Å². The molecular formula is C23H22N2O2S. The summed E-state index contributed by atoms with van der Waals surface area (Å²) in [4.78, 5) is 2.70. The van der Waals surface area contributed by atoms with Crippen LogP contribution in [0.25, 0.3) is 0 Å². The van der Waals surface area contributed by atoms with E-state index in [4.69, 9.17) is 0 Å². The fraction of sp³-hybridized carbons (Fsp3) is 0.217. The van der Waals surface area contributed by atoms with Gasteiger partial charge in [-0.15, -0.1) is 0 Å². The third kappa shape index (κ3) is 2.78. The number of rotatable bonds is 3. The molecule has 0 spiro atoms. The topological polar surface area (TPSA) is 40.6 Å². The lowest BCUT2D eigenvalue weighted by atomic mass is 9.93. The molecule has 0 amide bonds. The molecule has 0 unspecified atom stereocenters. The Morgan fingerprint density at radius 3 is 2.18 bits per heavy atom. The first-order valence-electron chi connectivity index (χ1n) is 9.61. The fourth-order valence-electron chi connectivity index (χ4n) is 4.54. The Labute approximate surface area is 166 Å². The highest BCUT2D eigenvalue weighted by atomic mass is 32.2. The summed E-state index contributed by atoms with van der Waals surface area (Å²) in [6.07, 6.45) is 0.652. The molecule has 2 atom stereocenters. The Bertz CT molecular complexity index is 1080. The van der Waals surface area contributed by atoms with Crippen molar-refractivity contribution in [3.8, 4) is 0 Å². The van der Waals surface area contributed by atoms with Gasteiger partial charge in [0.15, 0.2) is 0 Å². The quantitative estimate of drug-likeness (QED) is 0.679. The number of sulfonamides is 1. The Morgan fingerprint density at radius 1 is 0.786 bits per heavy atom. The molecule has 2 aliphatic heterocycles. The van der Waals surface area contributed by atoms with Gasteiger partial charge in [-0.2, -0.15) is 4.31 Å². The predicted molar refractivity (Wildman–Crippen MR) is 109 cm³/mol. The average Bonchev–Trinajstić information content (AvgIpc) is 3.16. The second kappa shape index (κ2) is 6.85. The third-order valence-corrected chi connectivity index (χ3v) is 7.68. The minimum absolute atomic E-state index is 0.0774. The molecule has 0 aromatic heterocycles. The van der Waals surface area contributed by atoms with Crippen molar-refractivity contribution in [2.24, 2.45) is 0 Å². The van der Waals surface area contributed by atoms with Crippen molar-refractivity contribution in [1.82, 2.24) is 9.21 Å². The van der Waals surface area contributed by atoms with E-state index >= 15 is 0 Å². The van der Waals surface area contributed by atoms with Crippen molar-refractivity contribution in [3.63, 3.8) is 0 Å². The van der Waals surface area contributed by atoms with E-state index in [0.29, 0.717) is 11.4 Å². The summed E-state index contributed by atoms with van der Waals surface area (Å²) >= 11 is 0. The minimum atomic E-state index is -3.61. The lowest BCUT2D eigenvalue weighted by Crippen LogP contribution is -2.37. The molecule has 0 radical (unpaired) electrons. The van der Waals surface area contributed by atoms with Gasteiger partial charge >= 0.3 is 0 Å². The normalized spacial score (nSPS) is 22.6. The number of hydrogen-bond acceptors (Lipinski definition) is 3. The smallest absolute Gasteiger partial charge is 0.244 e. The molecule has 0 N–H and O–H groups in total.